The molecule has 0 amide bonds. The van der Waals surface area contributed by atoms with E-state index in [1.54, 1.807) is 18.2 Å². The van der Waals surface area contributed by atoms with Crippen molar-refractivity contribution in [3.8, 4) is 5.75 Å². The van der Waals surface area contributed by atoms with Crippen molar-refractivity contribution in [3.05, 3.63) is 69.8 Å². The monoisotopic (exact) mass is 285 g/mol. The van der Waals surface area contributed by atoms with Crippen LogP contribution in [0.15, 0.2) is 48.5 Å². The van der Waals surface area contributed by atoms with Crippen molar-refractivity contribution in [1.29, 1.82) is 0 Å². The minimum absolute atomic E-state index is 0.0627. The maximum Gasteiger partial charge on any atom is 0.273 e. The minimum atomic E-state index is -0.502. The van der Waals surface area contributed by atoms with Gasteiger partial charge in [0, 0.05) is 11.6 Å². The molecule has 108 valence electrons. The van der Waals surface area contributed by atoms with E-state index < -0.39 is 4.92 Å². The largest absolute Gasteiger partial charge is 0.485 e. The fourth-order valence-electron chi connectivity index (χ4n) is 1.85. The number of ether oxygens (including phenoxy) is 1. The second-order valence-electron chi connectivity index (χ2n) is 4.52. The van der Waals surface area contributed by atoms with Gasteiger partial charge in [-0.15, -0.1) is 0 Å². The fourth-order valence-corrected chi connectivity index (χ4v) is 1.85. The van der Waals surface area contributed by atoms with Crippen molar-refractivity contribution in [2.45, 2.75) is 13.3 Å². The Bertz CT molecular complexity index is 650. The van der Waals surface area contributed by atoms with Gasteiger partial charge in [-0.1, -0.05) is 37.3 Å². The molecule has 0 N–H and O–H groups in total. The third-order valence-electron chi connectivity index (χ3n) is 3.08. The summed E-state index contributed by atoms with van der Waals surface area (Å²) in [5.74, 6) is 0.145. The highest BCUT2D eigenvalue weighted by Crippen LogP contribution is 2.19. The molecular weight excluding hydrogens is 270 g/mol. The van der Waals surface area contributed by atoms with E-state index in [0.717, 1.165) is 12.0 Å². The Hall–Kier alpha value is -2.69. The van der Waals surface area contributed by atoms with Gasteiger partial charge in [0.05, 0.1) is 11.0 Å². The molecule has 0 saturated heterocycles. The van der Waals surface area contributed by atoms with E-state index in [-0.39, 0.29) is 18.1 Å². The summed E-state index contributed by atoms with van der Waals surface area (Å²) in [6, 6.07) is 13.1. The van der Waals surface area contributed by atoms with Gasteiger partial charge >= 0.3 is 0 Å². The van der Waals surface area contributed by atoms with Gasteiger partial charge in [0.2, 0.25) is 0 Å². The Balaban J connectivity index is 2.00. The standard InChI is InChI=1S/C16H15NO4/c1-2-12-6-8-13(9-7-12)16(18)11-21-15-5-3-4-14(10-15)17(19)20/h3-10H,2,11H2,1H3. The highest BCUT2D eigenvalue weighted by atomic mass is 16.6. The molecule has 0 saturated carbocycles. The summed E-state index contributed by atoms with van der Waals surface area (Å²) in [6.45, 7) is 1.90. The molecule has 2 aromatic carbocycles. The van der Waals surface area contributed by atoms with Gasteiger partial charge in [-0.05, 0) is 18.1 Å². The van der Waals surface area contributed by atoms with Crippen molar-refractivity contribution in [1.82, 2.24) is 0 Å². The summed E-state index contributed by atoms with van der Waals surface area (Å²) in [5, 5.41) is 10.7. The minimum Gasteiger partial charge on any atom is -0.485 e. The van der Waals surface area contributed by atoms with E-state index in [9.17, 15) is 14.9 Å². The Kier molecular flexibility index (Phi) is 4.66. The molecule has 0 fully saturated rings. The number of nitrogens with zero attached hydrogens (tertiary/aromatic N) is 1. The quantitative estimate of drug-likeness (QED) is 0.463. The van der Waals surface area contributed by atoms with Gasteiger partial charge in [0.15, 0.2) is 12.4 Å². The van der Waals surface area contributed by atoms with Gasteiger partial charge in [-0.2, -0.15) is 0 Å². The molecule has 0 aliphatic heterocycles. The van der Waals surface area contributed by atoms with E-state index in [4.69, 9.17) is 4.74 Å². The van der Waals surface area contributed by atoms with Crippen LogP contribution in [-0.2, 0) is 6.42 Å². The van der Waals surface area contributed by atoms with Crippen LogP contribution in [-0.4, -0.2) is 17.3 Å². The summed E-state index contributed by atoms with van der Waals surface area (Å²) >= 11 is 0. The molecule has 0 bridgehead atoms. The number of ketones is 1. The number of rotatable bonds is 6. The molecular formula is C16H15NO4. The lowest BCUT2D eigenvalue weighted by Crippen LogP contribution is -2.11. The van der Waals surface area contributed by atoms with Crippen LogP contribution in [0.25, 0.3) is 0 Å². The maximum absolute atomic E-state index is 12.0. The summed E-state index contributed by atoms with van der Waals surface area (Å²) in [5.41, 5.74) is 1.66. The molecule has 5 heteroatoms. The summed E-state index contributed by atoms with van der Waals surface area (Å²) in [4.78, 5) is 22.1. The van der Waals surface area contributed by atoms with Gasteiger partial charge < -0.3 is 4.74 Å². The Morgan fingerprint density at radius 2 is 1.90 bits per heavy atom. The number of benzene rings is 2. The summed E-state index contributed by atoms with van der Waals surface area (Å²) < 4.78 is 5.32. The van der Waals surface area contributed by atoms with Crippen LogP contribution >= 0.6 is 0 Å². The lowest BCUT2D eigenvalue weighted by atomic mass is 10.1. The fraction of sp³-hybridized carbons (Fsp3) is 0.188. The van der Waals surface area contributed by atoms with E-state index in [0.29, 0.717) is 11.3 Å². The van der Waals surface area contributed by atoms with Gasteiger partial charge in [0.1, 0.15) is 5.75 Å². The van der Waals surface area contributed by atoms with Crippen LogP contribution in [0.4, 0.5) is 5.69 Å². The first-order chi connectivity index (χ1) is 10.1. The van der Waals surface area contributed by atoms with Crippen LogP contribution in [0.5, 0.6) is 5.75 Å². The number of carbonyl (C=O) groups is 1. The van der Waals surface area contributed by atoms with E-state index >= 15 is 0 Å². The average molecular weight is 285 g/mol. The van der Waals surface area contributed by atoms with E-state index in [1.165, 1.54) is 18.2 Å². The van der Waals surface area contributed by atoms with Crippen molar-refractivity contribution < 1.29 is 14.5 Å². The number of nitro groups is 1. The number of aryl methyl sites for hydroxylation is 1. The molecule has 0 atom stereocenters. The van der Waals surface area contributed by atoms with Crippen LogP contribution in [0.1, 0.15) is 22.8 Å². The molecule has 0 aliphatic rings. The number of hydrogen-bond acceptors (Lipinski definition) is 4. The molecule has 0 aliphatic carbocycles. The van der Waals surface area contributed by atoms with E-state index in [2.05, 4.69) is 0 Å². The zero-order valence-corrected chi connectivity index (χ0v) is 11.6. The number of nitro benzene ring substituents is 1. The van der Waals surface area contributed by atoms with Crippen LogP contribution < -0.4 is 4.74 Å². The highest BCUT2D eigenvalue weighted by Gasteiger charge is 2.09. The van der Waals surface area contributed by atoms with Crippen LogP contribution in [0.3, 0.4) is 0 Å². The lowest BCUT2D eigenvalue weighted by Gasteiger charge is -2.06. The van der Waals surface area contributed by atoms with E-state index in [1.807, 2.05) is 19.1 Å². The first-order valence-corrected chi connectivity index (χ1v) is 6.59. The number of hydrogen-bond donors (Lipinski definition) is 0. The van der Waals surface area contributed by atoms with Crippen molar-refractivity contribution in [2.75, 3.05) is 6.61 Å². The zero-order chi connectivity index (χ0) is 15.2. The third-order valence-corrected chi connectivity index (χ3v) is 3.08. The normalized spacial score (nSPS) is 10.1. The summed E-state index contributed by atoms with van der Waals surface area (Å²) in [7, 11) is 0. The Labute approximate surface area is 122 Å². The zero-order valence-electron chi connectivity index (χ0n) is 11.6. The Morgan fingerprint density at radius 1 is 1.19 bits per heavy atom. The second kappa shape index (κ2) is 6.65. The van der Waals surface area contributed by atoms with Gasteiger partial charge in [0.25, 0.3) is 5.69 Å². The molecule has 2 aromatic rings. The first-order valence-electron chi connectivity index (χ1n) is 6.59. The van der Waals surface area contributed by atoms with Crippen molar-refractivity contribution in [3.63, 3.8) is 0 Å². The third kappa shape index (κ3) is 3.89. The Morgan fingerprint density at radius 3 is 2.52 bits per heavy atom. The molecule has 21 heavy (non-hydrogen) atoms. The van der Waals surface area contributed by atoms with Gasteiger partial charge in [-0.25, -0.2) is 0 Å². The summed E-state index contributed by atoms with van der Waals surface area (Å²) in [6.07, 6.45) is 0.915. The second-order valence-corrected chi connectivity index (χ2v) is 4.52. The molecule has 0 aromatic heterocycles. The molecule has 2 rings (SSSR count). The topological polar surface area (TPSA) is 69.4 Å². The highest BCUT2D eigenvalue weighted by molar-refractivity contribution is 5.97. The van der Waals surface area contributed by atoms with Crippen molar-refractivity contribution >= 4 is 11.5 Å². The molecule has 0 unspecified atom stereocenters. The number of non-ortho nitro benzene ring substituents is 1. The maximum atomic E-state index is 12.0. The lowest BCUT2D eigenvalue weighted by molar-refractivity contribution is -0.384. The molecule has 0 radical (unpaired) electrons. The van der Waals surface area contributed by atoms with Crippen LogP contribution in [0, 0.1) is 10.1 Å². The average Bonchev–Trinajstić information content (AvgIpc) is 2.53. The molecule has 0 spiro atoms. The smallest absolute Gasteiger partial charge is 0.273 e. The predicted molar refractivity (Wildman–Crippen MR) is 78.7 cm³/mol. The van der Waals surface area contributed by atoms with Crippen molar-refractivity contribution in [2.24, 2.45) is 0 Å². The predicted octanol–water partition coefficient (Wildman–Crippen LogP) is 3.42. The van der Waals surface area contributed by atoms with Gasteiger partial charge in [-0.3, -0.25) is 14.9 Å². The molecule has 5 nitrogen and oxygen atoms in total. The number of carbonyl (C=O) groups excluding carboxylic acids is 1. The molecule has 0 heterocycles. The first kappa shape index (κ1) is 14.7. The SMILES string of the molecule is CCc1ccc(C(=O)COc2cccc([N+](=O)[O-])c2)cc1. The number of Topliss-reactive ketones (excluding diaryl/α,β-unsaturated/α-hetero) is 1. The van der Waals surface area contributed by atoms with Crippen LogP contribution in [0.2, 0.25) is 0 Å².